The fourth-order valence-electron chi connectivity index (χ4n) is 2.57. The molecule has 1 aliphatic carbocycles. The van der Waals surface area contributed by atoms with E-state index >= 15 is 0 Å². The lowest BCUT2D eigenvalue weighted by molar-refractivity contribution is -0.149. The van der Waals surface area contributed by atoms with Crippen LogP contribution in [0.15, 0.2) is 12.4 Å². The van der Waals surface area contributed by atoms with Gasteiger partial charge in [-0.05, 0) is 44.1 Å². The van der Waals surface area contributed by atoms with E-state index in [4.69, 9.17) is 4.74 Å². The Morgan fingerprint density at radius 1 is 1.47 bits per heavy atom. The molecule has 0 aromatic carbocycles. The van der Waals surface area contributed by atoms with Crippen LogP contribution in [0, 0.1) is 5.92 Å². The van der Waals surface area contributed by atoms with Gasteiger partial charge in [-0.15, -0.1) is 0 Å². The Hall–Kier alpha value is -1.32. The quantitative estimate of drug-likeness (QED) is 0.756. The van der Waals surface area contributed by atoms with Gasteiger partial charge in [-0.3, -0.25) is 9.48 Å². The highest BCUT2D eigenvalue weighted by Gasteiger charge is 2.28. The van der Waals surface area contributed by atoms with Crippen molar-refractivity contribution in [2.24, 2.45) is 13.0 Å². The van der Waals surface area contributed by atoms with Crippen molar-refractivity contribution in [3.8, 4) is 0 Å². The number of esters is 1. The van der Waals surface area contributed by atoms with Gasteiger partial charge in [0.05, 0.1) is 18.7 Å². The maximum atomic E-state index is 11.6. The molecule has 0 spiro atoms. The number of aromatic nitrogens is 2. The van der Waals surface area contributed by atoms with Gasteiger partial charge in [0.25, 0.3) is 0 Å². The van der Waals surface area contributed by atoms with E-state index in [2.05, 4.69) is 11.3 Å². The molecule has 4 nitrogen and oxygen atoms in total. The van der Waals surface area contributed by atoms with Crippen molar-refractivity contribution in [1.29, 1.82) is 0 Å². The minimum atomic E-state index is -0.0165. The molecule has 0 N–H and O–H groups in total. The van der Waals surface area contributed by atoms with Crippen LogP contribution in [0.2, 0.25) is 0 Å². The summed E-state index contributed by atoms with van der Waals surface area (Å²) in [7, 11) is 1.94. The van der Waals surface area contributed by atoms with Crippen molar-refractivity contribution in [3.05, 3.63) is 18.0 Å². The first-order valence-electron chi connectivity index (χ1n) is 6.36. The van der Waals surface area contributed by atoms with Crippen LogP contribution >= 0.6 is 0 Å². The lowest BCUT2D eigenvalue weighted by Crippen LogP contribution is -2.23. The van der Waals surface area contributed by atoms with Crippen molar-refractivity contribution < 1.29 is 9.53 Å². The summed E-state index contributed by atoms with van der Waals surface area (Å²) in [6.45, 7) is 2.35. The molecule has 94 valence electrons. The number of nitrogens with zero attached hydrogens (tertiary/aromatic N) is 2. The standard InChI is InChI=1S/C13H20N2O2/c1-3-17-13(16)11-6-4-10(5-7-11)12-8-14-15(2)9-12/h8-11H,3-7H2,1-2H3. The van der Waals surface area contributed by atoms with Crippen molar-refractivity contribution in [2.75, 3.05) is 6.61 Å². The summed E-state index contributed by atoms with van der Waals surface area (Å²) in [4.78, 5) is 11.6. The summed E-state index contributed by atoms with van der Waals surface area (Å²) in [5.74, 6) is 0.661. The van der Waals surface area contributed by atoms with Crippen molar-refractivity contribution in [1.82, 2.24) is 9.78 Å². The molecule has 1 saturated carbocycles. The van der Waals surface area contributed by atoms with Crippen LogP contribution in [0.25, 0.3) is 0 Å². The molecule has 0 unspecified atom stereocenters. The molecule has 0 radical (unpaired) electrons. The Bertz CT molecular complexity index is 379. The first kappa shape index (κ1) is 12.1. The van der Waals surface area contributed by atoms with Crippen molar-refractivity contribution in [3.63, 3.8) is 0 Å². The third kappa shape index (κ3) is 2.87. The first-order valence-corrected chi connectivity index (χ1v) is 6.36. The predicted octanol–water partition coefficient (Wildman–Crippen LogP) is 2.26. The topological polar surface area (TPSA) is 44.1 Å². The largest absolute Gasteiger partial charge is 0.466 e. The van der Waals surface area contributed by atoms with E-state index < -0.39 is 0 Å². The second-order valence-electron chi connectivity index (χ2n) is 4.75. The molecule has 0 aliphatic heterocycles. The van der Waals surface area contributed by atoms with Crippen molar-refractivity contribution >= 4 is 5.97 Å². The summed E-state index contributed by atoms with van der Waals surface area (Å²) < 4.78 is 6.91. The second kappa shape index (κ2) is 5.34. The van der Waals surface area contributed by atoms with Gasteiger partial charge in [0, 0.05) is 13.2 Å². The van der Waals surface area contributed by atoms with Crippen molar-refractivity contribution in [2.45, 2.75) is 38.5 Å². The molecule has 4 heteroatoms. The van der Waals surface area contributed by atoms with Crippen LogP contribution < -0.4 is 0 Å². The fraction of sp³-hybridized carbons (Fsp3) is 0.692. The molecule has 1 heterocycles. The van der Waals surface area contributed by atoms with Gasteiger partial charge >= 0.3 is 5.97 Å². The first-order chi connectivity index (χ1) is 8.20. The molecule has 17 heavy (non-hydrogen) atoms. The number of rotatable bonds is 3. The zero-order valence-electron chi connectivity index (χ0n) is 10.6. The monoisotopic (exact) mass is 236 g/mol. The van der Waals surface area contributed by atoms with Crippen LogP contribution in [-0.4, -0.2) is 22.4 Å². The van der Waals surface area contributed by atoms with Gasteiger partial charge in [0.15, 0.2) is 0 Å². The van der Waals surface area contributed by atoms with Gasteiger partial charge in [0.2, 0.25) is 0 Å². The Kier molecular flexibility index (Phi) is 3.82. The van der Waals surface area contributed by atoms with Gasteiger partial charge in [-0.25, -0.2) is 0 Å². The molecular weight excluding hydrogens is 216 g/mol. The highest BCUT2D eigenvalue weighted by molar-refractivity contribution is 5.72. The molecule has 1 aromatic rings. The Morgan fingerprint density at radius 3 is 2.71 bits per heavy atom. The van der Waals surface area contributed by atoms with E-state index in [-0.39, 0.29) is 11.9 Å². The number of hydrogen-bond donors (Lipinski definition) is 0. The minimum Gasteiger partial charge on any atom is -0.466 e. The highest BCUT2D eigenvalue weighted by Crippen LogP contribution is 2.35. The number of ether oxygens (including phenoxy) is 1. The Labute approximate surface area is 102 Å². The zero-order valence-corrected chi connectivity index (χ0v) is 10.6. The highest BCUT2D eigenvalue weighted by atomic mass is 16.5. The molecule has 2 rings (SSSR count). The summed E-state index contributed by atoms with van der Waals surface area (Å²) >= 11 is 0. The molecule has 1 aromatic heterocycles. The van der Waals surface area contributed by atoms with E-state index in [1.165, 1.54) is 5.56 Å². The lowest BCUT2D eigenvalue weighted by atomic mass is 9.79. The predicted molar refractivity (Wildman–Crippen MR) is 64.5 cm³/mol. The van der Waals surface area contributed by atoms with E-state index in [9.17, 15) is 4.79 Å². The molecule has 0 amide bonds. The summed E-state index contributed by atoms with van der Waals surface area (Å²) in [5.41, 5.74) is 1.30. The number of carbonyl (C=O) groups excluding carboxylic acids is 1. The normalized spacial score (nSPS) is 24.6. The van der Waals surface area contributed by atoms with E-state index in [0.29, 0.717) is 12.5 Å². The molecule has 1 aliphatic rings. The molecule has 0 saturated heterocycles. The average Bonchev–Trinajstić information content (AvgIpc) is 2.76. The summed E-state index contributed by atoms with van der Waals surface area (Å²) in [6.07, 6.45) is 8.03. The molecule has 0 atom stereocenters. The van der Waals surface area contributed by atoms with Crippen LogP contribution in [-0.2, 0) is 16.6 Å². The number of hydrogen-bond acceptors (Lipinski definition) is 3. The Balaban J connectivity index is 1.88. The summed E-state index contributed by atoms with van der Waals surface area (Å²) in [6, 6.07) is 0. The fourth-order valence-corrected chi connectivity index (χ4v) is 2.57. The van der Waals surface area contributed by atoms with Crippen LogP contribution in [0.4, 0.5) is 0 Å². The second-order valence-corrected chi connectivity index (χ2v) is 4.75. The Morgan fingerprint density at radius 2 is 2.18 bits per heavy atom. The van der Waals surface area contributed by atoms with Gasteiger partial charge in [-0.2, -0.15) is 5.10 Å². The number of carbonyl (C=O) groups is 1. The van der Waals surface area contributed by atoms with E-state index in [1.54, 1.807) is 0 Å². The lowest BCUT2D eigenvalue weighted by Gasteiger charge is -2.26. The maximum Gasteiger partial charge on any atom is 0.308 e. The molecular formula is C13H20N2O2. The van der Waals surface area contributed by atoms with Crippen LogP contribution in [0.1, 0.15) is 44.1 Å². The minimum absolute atomic E-state index is 0.0165. The van der Waals surface area contributed by atoms with Gasteiger partial charge in [0.1, 0.15) is 0 Å². The molecule has 1 fully saturated rings. The summed E-state index contributed by atoms with van der Waals surface area (Å²) in [5, 5.41) is 4.20. The maximum absolute atomic E-state index is 11.6. The molecule has 0 bridgehead atoms. The number of aryl methyl sites for hydroxylation is 1. The third-order valence-electron chi connectivity index (χ3n) is 3.54. The zero-order chi connectivity index (χ0) is 12.3. The SMILES string of the molecule is CCOC(=O)C1CCC(c2cnn(C)c2)CC1. The smallest absolute Gasteiger partial charge is 0.308 e. The third-order valence-corrected chi connectivity index (χ3v) is 3.54. The van der Waals surface area contributed by atoms with Crippen LogP contribution in [0.3, 0.4) is 0 Å². The van der Waals surface area contributed by atoms with Gasteiger partial charge in [-0.1, -0.05) is 0 Å². The van der Waals surface area contributed by atoms with E-state index in [1.807, 2.05) is 24.9 Å². The van der Waals surface area contributed by atoms with E-state index in [0.717, 1.165) is 25.7 Å². The average molecular weight is 236 g/mol. The van der Waals surface area contributed by atoms with Crippen LogP contribution in [0.5, 0.6) is 0 Å². The van der Waals surface area contributed by atoms with Gasteiger partial charge < -0.3 is 4.74 Å².